The van der Waals surface area contributed by atoms with Gasteiger partial charge in [0, 0.05) is 30.9 Å². The number of sulfonamides is 1. The molecule has 1 aromatic heterocycles. The van der Waals surface area contributed by atoms with Gasteiger partial charge >= 0.3 is 0 Å². The highest BCUT2D eigenvalue weighted by molar-refractivity contribution is 7.89. The molecule has 0 saturated carbocycles. The van der Waals surface area contributed by atoms with Crippen molar-refractivity contribution in [3.63, 3.8) is 0 Å². The minimum Gasteiger partial charge on any atom is -0.305 e. The summed E-state index contributed by atoms with van der Waals surface area (Å²) in [6, 6.07) is 6.91. The molecule has 2 aromatic rings. The second-order valence-corrected chi connectivity index (χ2v) is 7.87. The molecule has 1 aromatic carbocycles. The Labute approximate surface area is 167 Å². The van der Waals surface area contributed by atoms with Gasteiger partial charge in [0.05, 0.1) is 4.90 Å². The second-order valence-electron chi connectivity index (χ2n) is 5.93. The van der Waals surface area contributed by atoms with E-state index in [0.717, 1.165) is 29.0 Å². The lowest BCUT2D eigenvalue weighted by atomic mass is 10.2. The molecule has 0 radical (unpaired) electrons. The number of nitrogens with one attached hydrogen (secondary N) is 2. The van der Waals surface area contributed by atoms with E-state index in [9.17, 15) is 27.2 Å². The van der Waals surface area contributed by atoms with Crippen LogP contribution in [-0.4, -0.2) is 42.2 Å². The fourth-order valence-electron chi connectivity index (χ4n) is 2.49. The first kappa shape index (κ1) is 22.2. The Morgan fingerprint density at radius 1 is 1.03 bits per heavy atom. The van der Waals surface area contributed by atoms with Crippen LogP contribution in [0.4, 0.5) is 4.39 Å². The Balaban J connectivity index is 2.09. The summed E-state index contributed by atoms with van der Waals surface area (Å²) in [6.45, 7) is 3.38. The lowest BCUT2D eigenvalue weighted by molar-refractivity contribution is -0.122. The number of aromatic nitrogens is 1. The fourth-order valence-corrected chi connectivity index (χ4v) is 3.97. The molecule has 0 spiro atoms. The first-order valence-corrected chi connectivity index (χ1v) is 10.2. The van der Waals surface area contributed by atoms with Crippen molar-refractivity contribution in [3.05, 3.63) is 64.3 Å². The number of carbonyl (C=O) groups is 2. The van der Waals surface area contributed by atoms with Gasteiger partial charge in [0.25, 0.3) is 17.4 Å². The zero-order chi connectivity index (χ0) is 21.6. The largest absolute Gasteiger partial charge is 0.305 e. The lowest BCUT2D eigenvalue weighted by Gasteiger charge is -2.19. The molecule has 2 N–H and O–H groups in total. The summed E-state index contributed by atoms with van der Waals surface area (Å²) in [4.78, 5) is 35.8. The Morgan fingerprint density at radius 2 is 1.66 bits per heavy atom. The molecule has 0 aliphatic heterocycles. The van der Waals surface area contributed by atoms with Crippen LogP contribution in [0.5, 0.6) is 0 Å². The van der Waals surface area contributed by atoms with Gasteiger partial charge in [0.1, 0.15) is 12.4 Å². The zero-order valence-electron chi connectivity index (χ0n) is 15.9. The number of halogens is 1. The van der Waals surface area contributed by atoms with Crippen LogP contribution in [0.1, 0.15) is 24.2 Å². The molecule has 0 aliphatic rings. The third-order valence-corrected chi connectivity index (χ3v) is 6.07. The van der Waals surface area contributed by atoms with Gasteiger partial charge in [-0.25, -0.2) is 12.8 Å². The number of nitrogens with zero attached hydrogens (tertiary/aromatic N) is 2. The molecular formula is C18H21FN4O5S. The number of benzene rings is 1. The first-order chi connectivity index (χ1) is 13.7. The van der Waals surface area contributed by atoms with Crippen molar-refractivity contribution in [1.29, 1.82) is 0 Å². The summed E-state index contributed by atoms with van der Waals surface area (Å²) in [5.74, 6) is -1.94. The summed E-state index contributed by atoms with van der Waals surface area (Å²) in [6.07, 6.45) is 1.08. The predicted molar refractivity (Wildman–Crippen MR) is 103 cm³/mol. The van der Waals surface area contributed by atoms with Crippen LogP contribution in [0, 0.1) is 5.82 Å². The lowest BCUT2D eigenvalue weighted by Crippen LogP contribution is -2.44. The molecule has 29 heavy (non-hydrogen) atoms. The summed E-state index contributed by atoms with van der Waals surface area (Å²) < 4.78 is 40.2. The molecule has 0 saturated heterocycles. The Hall–Kier alpha value is -3.05. The molecular weight excluding hydrogens is 403 g/mol. The molecule has 0 aliphatic carbocycles. The van der Waals surface area contributed by atoms with Crippen molar-refractivity contribution in [2.45, 2.75) is 25.3 Å². The van der Waals surface area contributed by atoms with E-state index in [1.54, 1.807) is 13.8 Å². The Morgan fingerprint density at radius 3 is 2.24 bits per heavy atom. The van der Waals surface area contributed by atoms with E-state index in [2.05, 4.69) is 10.9 Å². The van der Waals surface area contributed by atoms with Gasteiger partial charge in [-0.3, -0.25) is 25.2 Å². The van der Waals surface area contributed by atoms with Crippen molar-refractivity contribution in [2.24, 2.45) is 0 Å². The molecule has 1 heterocycles. The van der Waals surface area contributed by atoms with Crippen LogP contribution < -0.4 is 16.4 Å². The van der Waals surface area contributed by atoms with Crippen molar-refractivity contribution in [2.75, 3.05) is 13.1 Å². The van der Waals surface area contributed by atoms with Gasteiger partial charge in [-0.15, -0.1) is 0 Å². The Bertz CT molecular complexity index is 1050. The second kappa shape index (κ2) is 9.43. The number of hydrogen-bond acceptors (Lipinski definition) is 5. The molecule has 11 heteroatoms. The molecule has 9 nitrogen and oxygen atoms in total. The predicted octanol–water partition coefficient (Wildman–Crippen LogP) is 0.479. The number of hydrogen-bond donors (Lipinski definition) is 2. The van der Waals surface area contributed by atoms with Gasteiger partial charge in [-0.05, 0) is 30.3 Å². The van der Waals surface area contributed by atoms with Crippen molar-refractivity contribution < 1.29 is 22.4 Å². The average Bonchev–Trinajstić information content (AvgIpc) is 2.69. The van der Waals surface area contributed by atoms with E-state index in [0.29, 0.717) is 0 Å². The van der Waals surface area contributed by atoms with Gasteiger partial charge in [0.15, 0.2) is 0 Å². The van der Waals surface area contributed by atoms with E-state index < -0.39 is 39.8 Å². The van der Waals surface area contributed by atoms with Gasteiger partial charge in [0.2, 0.25) is 10.0 Å². The van der Waals surface area contributed by atoms with E-state index >= 15 is 0 Å². The maximum atomic E-state index is 12.9. The van der Waals surface area contributed by atoms with E-state index in [4.69, 9.17) is 0 Å². The van der Waals surface area contributed by atoms with Gasteiger partial charge in [-0.2, -0.15) is 4.31 Å². The molecule has 2 amide bonds. The van der Waals surface area contributed by atoms with Crippen LogP contribution in [0.2, 0.25) is 0 Å². The van der Waals surface area contributed by atoms with Crippen molar-refractivity contribution in [1.82, 2.24) is 19.7 Å². The maximum Gasteiger partial charge on any atom is 0.269 e. The Kier molecular flexibility index (Phi) is 7.23. The highest BCUT2D eigenvalue weighted by Gasteiger charge is 2.22. The van der Waals surface area contributed by atoms with Gasteiger partial charge in [-0.1, -0.05) is 13.8 Å². The number of rotatable bonds is 7. The van der Waals surface area contributed by atoms with Crippen LogP contribution in [0.15, 0.2) is 52.3 Å². The molecule has 0 unspecified atom stereocenters. The van der Waals surface area contributed by atoms with Crippen molar-refractivity contribution >= 4 is 21.8 Å². The average molecular weight is 424 g/mol. The third kappa shape index (κ3) is 5.48. The summed E-state index contributed by atoms with van der Waals surface area (Å²) >= 11 is 0. The molecule has 156 valence electrons. The summed E-state index contributed by atoms with van der Waals surface area (Å²) in [5.41, 5.74) is 3.80. The number of pyridine rings is 1. The van der Waals surface area contributed by atoms with E-state index in [-0.39, 0.29) is 23.5 Å². The van der Waals surface area contributed by atoms with Crippen LogP contribution >= 0.6 is 0 Å². The van der Waals surface area contributed by atoms with Crippen LogP contribution in [0.3, 0.4) is 0 Å². The minimum atomic E-state index is -3.80. The third-order valence-electron chi connectivity index (χ3n) is 4.04. The molecule has 0 bridgehead atoms. The fraction of sp³-hybridized carbons (Fsp3) is 0.278. The quantitative estimate of drug-likeness (QED) is 0.627. The number of amides is 2. The number of hydrazine groups is 1. The topological polar surface area (TPSA) is 118 Å². The first-order valence-electron chi connectivity index (χ1n) is 8.74. The van der Waals surface area contributed by atoms with E-state index in [1.807, 2.05) is 0 Å². The standard InChI is InChI=1S/C18H21FN4O5S/c1-3-23(4-2)29(27,28)15-9-10-17(25)22(11-15)12-16(24)20-21-18(26)13-5-7-14(19)8-6-13/h5-11H,3-4,12H2,1-2H3,(H,20,24)(H,21,26). The summed E-state index contributed by atoms with van der Waals surface area (Å²) in [5, 5.41) is 0. The highest BCUT2D eigenvalue weighted by Crippen LogP contribution is 2.13. The van der Waals surface area contributed by atoms with Crippen LogP contribution in [0.25, 0.3) is 0 Å². The highest BCUT2D eigenvalue weighted by atomic mass is 32.2. The number of carbonyl (C=O) groups excluding carboxylic acids is 2. The molecule has 0 fully saturated rings. The SMILES string of the molecule is CCN(CC)S(=O)(=O)c1ccc(=O)n(CC(=O)NNC(=O)c2ccc(F)cc2)c1. The monoisotopic (exact) mass is 424 g/mol. The molecule has 2 rings (SSSR count). The minimum absolute atomic E-state index is 0.121. The smallest absolute Gasteiger partial charge is 0.269 e. The van der Waals surface area contributed by atoms with Crippen molar-refractivity contribution in [3.8, 4) is 0 Å². The van der Waals surface area contributed by atoms with E-state index in [1.165, 1.54) is 22.5 Å². The molecule has 0 atom stereocenters. The van der Waals surface area contributed by atoms with Crippen LogP contribution in [-0.2, 0) is 21.4 Å². The maximum absolute atomic E-state index is 12.9. The normalized spacial score (nSPS) is 11.3. The van der Waals surface area contributed by atoms with Gasteiger partial charge < -0.3 is 4.57 Å². The summed E-state index contributed by atoms with van der Waals surface area (Å²) in [7, 11) is -3.80. The zero-order valence-corrected chi connectivity index (χ0v) is 16.7.